The van der Waals surface area contributed by atoms with Crippen molar-refractivity contribution in [3.8, 4) is 22.3 Å². The first-order valence-electron chi connectivity index (χ1n) is 8.48. The van der Waals surface area contributed by atoms with Crippen molar-refractivity contribution in [1.29, 1.82) is 0 Å². The van der Waals surface area contributed by atoms with Gasteiger partial charge in [0, 0.05) is 13.4 Å². The third-order valence-corrected chi connectivity index (χ3v) is 6.26. The molecule has 0 radical (unpaired) electrons. The smallest absolute Gasteiger partial charge is 0.0209 e. The summed E-state index contributed by atoms with van der Waals surface area (Å²) in [5.41, 5.74) is 5.08. The Morgan fingerprint density at radius 3 is 1.81 bits per heavy atom. The van der Waals surface area contributed by atoms with Crippen LogP contribution in [0.4, 0.5) is 0 Å². The van der Waals surface area contributed by atoms with E-state index in [0.717, 1.165) is 0 Å². The summed E-state index contributed by atoms with van der Waals surface area (Å²) in [5, 5.41) is 0. The average Bonchev–Trinajstić information content (AvgIpc) is 2.70. The van der Waals surface area contributed by atoms with Gasteiger partial charge in [-0.2, -0.15) is 0 Å². The van der Waals surface area contributed by atoms with E-state index in [1.54, 1.807) is 0 Å². The van der Waals surface area contributed by atoms with Crippen LogP contribution in [0.1, 0.15) is 0 Å². The van der Waals surface area contributed by atoms with Gasteiger partial charge < -0.3 is 0 Å². The van der Waals surface area contributed by atoms with Gasteiger partial charge in [0.05, 0.1) is 0 Å². The molecule has 4 aromatic rings. The van der Waals surface area contributed by atoms with E-state index in [4.69, 9.17) is 0 Å². The largest absolute Gasteiger partial charge is 0.0894 e. The normalized spacial score (nSPS) is 10.7. The summed E-state index contributed by atoms with van der Waals surface area (Å²) in [7, 11) is 0. The predicted molar refractivity (Wildman–Crippen MR) is 121 cm³/mol. The quantitative estimate of drug-likeness (QED) is 0.278. The first-order chi connectivity index (χ1) is 12.8. The molecule has 0 spiro atoms. The third-order valence-electron chi connectivity index (χ3n) is 4.24. The zero-order chi connectivity index (χ0) is 17.8. The van der Waals surface area contributed by atoms with Crippen molar-refractivity contribution in [2.24, 2.45) is 0 Å². The van der Waals surface area contributed by atoms with Gasteiger partial charge in [0.15, 0.2) is 0 Å². The topological polar surface area (TPSA) is 0 Å². The lowest BCUT2D eigenvalue weighted by molar-refractivity contribution is 1.39. The fraction of sp³-hybridized carbons (Fsp3) is 0. The maximum Gasteiger partial charge on any atom is 0.0209 e. The van der Waals surface area contributed by atoms with Gasteiger partial charge in [0.2, 0.25) is 0 Å². The second-order valence-electron chi connectivity index (χ2n) is 5.97. The van der Waals surface area contributed by atoms with Crippen molar-refractivity contribution in [3.05, 3.63) is 107 Å². The summed E-state index contributed by atoms with van der Waals surface area (Å²) in [4.78, 5) is 2.53. The van der Waals surface area contributed by atoms with Crippen molar-refractivity contribution in [3.63, 3.8) is 0 Å². The Morgan fingerprint density at radius 2 is 1.08 bits per heavy atom. The number of halogens is 1. The maximum absolute atomic E-state index is 2.41. The summed E-state index contributed by atoms with van der Waals surface area (Å²) < 4.78 is 1.28. The van der Waals surface area contributed by atoms with Gasteiger partial charge in [0.1, 0.15) is 0 Å². The molecule has 2 heteroatoms. The number of hydrogen-bond acceptors (Lipinski definition) is 1. The molecule has 4 aromatic carbocycles. The van der Waals surface area contributed by atoms with Crippen LogP contribution in [0.3, 0.4) is 0 Å². The molecule has 0 bridgehead atoms. The molecule has 0 aliphatic rings. The Kier molecular flexibility index (Phi) is 5.42. The summed E-state index contributed by atoms with van der Waals surface area (Å²) in [6.07, 6.45) is 0. The molecule has 0 saturated heterocycles. The van der Waals surface area contributed by atoms with E-state index in [1.165, 1.54) is 35.6 Å². The van der Waals surface area contributed by atoms with Crippen LogP contribution in [0.2, 0.25) is 0 Å². The number of benzene rings is 4. The first kappa shape index (κ1) is 17.4. The van der Waals surface area contributed by atoms with Gasteiger partial charge in [0.25, 0.3) is 0 Å². The van der Waals surface area contributed by atoms with Crippen LogP contribution < -0.4 is 0 Å². The molecule has 4 rings (SSSR count). The molecular formula is C24H17IS. The van der Waals surface area contributed by atoms with E-state index >= 15 is 0 Å². The number of hydrogen-bond donors (Lipinski definition) is 0. The van der Waals surface area contributed by atoms with Crippen molar-refractivity contribution < 1.29 is 0 Å². The third kappa shape index (κ3) is 3.87. The minimum absolute atomic E-state index is 1.25. The molecule has 0 saturated carbocycles. The van der Waals surface area contributed by atoms with E-state index < -0.39 is 0 Å². The zero-order valence-corrected chi connectivity index (χ0v) is 17.1. The SMILES string of the molecule is Ic1ccccc1-c1ccccc1Sc1ccc(-c2ccccc2)cc1. The van der Waals surface area contributed by atoms with E-state index in [1.807, 2.05) is 11.8 Å². The van der Waals surface area contributed by atoms with Crippen LogP contribution in [0.25, 0.3) is 22.3 Å². The van der Waals surface area contributed by atoms with Crippen LogP contribution in [0.15, 0.2) is 113 Å². The van der Waals surface area contributed by atoms with E-state index in [2.05, 4.69) is 126 Å². The summed E-state index contributed by atoms with van der Waals surface area (Å²) in [6.45, 7) is 0. The molecule has 0 atom stereocenters. The molecule has 0 unspecified atom stereocenters. The lowest BCUT2D eigenvalue weighted by Crippen LogP contribution is -1.86. The Labute approximate surface area is 172 Å². The van der Waals surface area contributed by atoms with E-state index in [9.17, 15) is 0 Å². The molecule has 0 nitrogen and oxygen atoms in total. The Morgan fingerprint density at radius 1 is 0.500 bits per heavy atom. The summed E-state index contributed by atoms with van der Waals surface area (Å²) >= 11 is 4.23. The fourth-order valence-corrected chi connectivity index (χ4v) is 4.57. The Hall–Kier alpha value is -2.04. The molecule has 0 aromatic heterocycles. The molecule has 0 fully saturated rings. The first-order valence-corrected chi connectivity index (χ1v) is 10.4. The van der Waals surface area contributed by atoms with Gasteiger partial charge in [-0.15, -0.1) is 0 Å². The molecule has 0 aliphatic heterocycles. The predicted octanol–water partition coefficient (Wildman–Crippen LogP) is 7.78. The molecule has 0 heterocycles. The molecule has 26 heavy (non-hydrogen) atoms. The lowest BCUT2D eigenvalue weighted by Gasteiger charge is -2.11. The van der Waals surface area contributed by atoms with Crippen molar-refractivity contribution >= 4 is 34.4 Å². The second-order valence-corrected chi connectivity index (χ2v) is 8.25. The highest BCUT2D eigenvalue weighted by molar-refractivity contribution is 14.1. The highest BCUT2D eigenvalue weighted by Crippen LogP contribution is 2.38. The van der Waals surface area contributed by atoms with Crippen LogP contribution >= 0.6 is 34.4 Å². The summed E-state index contributed by atoms with van der Waals surface area (Å²) in [5.74, 6) is 0. The minimum Gasteiger partial charge on any atom is -0.0894 e. The maximum atomic E-state index is 2.41. The van der Waals surface area contributed by atoms with Crippen molar-refractivity contribution in [2.75, 3.05) is 0 Å². The van der Waals surface area contributed by atoms with E-state index in [-0.39, 0.29) is 0 Å². The van der Waals surface area contributed by atoms with Gasteiger partial charge in [-0.1, -0.05) is 90.6 Å². The lowest BCUT2D eigenvalue weighted by atomic mass is 10.1. The van der Waals surface area contributed by atoms with Gasteiger partial charge in [-0.25, -0.2) is 0 Å². The Bertz CT molecular complexity index is 1010. The number of rotatable bonds is 4. The van der Waals surface area contributed by atoms with Gasteiger partial charge in [-0.3, -0.25) is 0 Å². The van der Waals surface area contributed by atoms with Crippen LogP contribution in [-0.4, -0.2) is 0 Å². The monoisotopic (exact) mass is 464 g/mol. The van der Waals surface area contributed by atoms with E-state index in [0.29, 0.717) is 0 Å². The molecular weight excluding hydrogens is 447 g/mol. The fourth-order valence-electron chi connectivity index (χ4n) is 2.93. The molecule has 126 valence electrons. The standard InChI is InChI=1S/C24H17IS/c25-23-12-6-4-10-21(23)22-11-5-7-13-24(22)26-20-16-14-19(15-17-20)18-8-2-1-3-9-18/h1-17H. The summed E-state index contributed by atoms with van der Waals surface area (Å²) in [6, 6.07) is 36.5. The van der Waals surface area contributed by atoms with Crippen molar-refractivity contribution in [1.82, 2.24) is 0 Å². The van der Waals surface area contributed by atoms with Crippen LogP contribution in [0.5, 0.6) is 0 Å². The Balaban J connectivity index is 1.63. The molecule has 0 amide bonds. The second kappa shape index (κ2) is 8.11. The molecule has 0 N–H and O–H groups in total. The van der Waals surface area contributed by atoms with Crippen LogP contribution in [-0.2, 0) is 0 Å². The van der Waals surface area contributed by atoms with Gasteiger partial charge in [-0.05, 0) is 69.1 Å². The van der Waals surface area contributed by atoms with Crippen LogP contribution in [0, 0.1) is 3.57 Å². The van der Waals surface area contributed by atoms with Gasteiger partial charge >= 0.3 is 0 Å². The van der Waals surface area contributed by atoms with Crippen molar-refractivity contribution in [2.45, 2.75) is 9.79 Å². The average molecular weight is 464 g/mol. The molecule has 0 aliphatic carbocycles. The minimum atomic E-state index is 1.25. The zero-order valence-electron chi connectivity index (χ0n) is 14.1. The highest BCUT2D eigenvalue weighted by atomic mass is 127. The highest BCUT2D eigenvalue weighted by Gasteiger charge is 2.09.